The summed E-state index contributed by atoms with van der Waals surface area (Å²) in [6.07, 6.45) is 2.07. The van der Waals surface area contributed by atoms with Gasteiger partial charge in [0.25, 0.3) is 5.91 Å². The first-order valence-corrected chi connectivity index (χ1v) is 12.1. The van der Waals surface area contributed by atoms with Gasteiger partial charge >= 0.3 is 0 Å². The van der Waals surface area contributed by atoms with Gasteiger partial charge in [-0.15, -0.1) is 0 Å². The highest BCUT2D eigenvalue weighted by molar-refractivity contribution is 5.93. The van der Waals surface area contributed by atoms with Crippen LogP contribution in [0.2, 0.25) is 0 Å². The molecule has 1 aliphatic rings. The van der Waals surface area contributed by atoms with Gasteiger partial charge in [-0.25, -0.2) is 4.98 Å². The van der Waals surface area contributed by atoms with Gasteiger partial charge in [-0.2, -0.15) is 0 Å². The van der Waals surface area contributed by atoms with Gasteiger partial charge in [-0.3, -0.25) is 14.6 Å². The topological polar surface area (TPSA) is 125 Å². The van der Waals surface area contributed by atoms with E-state index in [1.807, 2.05) is 0 Å². The molecular formula is C24H40N4O6. The number of hydrogen-bond donors (Lipinski definition) is 2. The molecule has 2 N–H and O–H groups in total. The summed E-state index contributed by atoms with van der Waals surface area (Å²) in [6.45, 7) is 9.23. The zero-order chi connectivity index (χ0) is 25.1. The first-order valence-electron chi connectivity index (χ1n) is 12.1. The Morgan fingerprint density at radius 3 is 2.53 bits per heavy atom. The highest BCUT2D eigenvalue weighted by Crippen LogP contribution is 2.13. The van der Waals surface area contributed by atoms with Crippen LogP contribution in [0.4, 0.5) is 0 Å². The summed E-state index contributed by atoms with van der Waals surface area (Å²) in [5, 5.41) is 21.2. The Kier molecular flexibility index (Phi) is 11.8. The Morgan fingerprint density at radius 1 is 1.15 bits per heavy atom. The summed E-state index contributed by atoms with van der Waals surface area (Å²) in [5.41, 5.74) is 0.845. The van der Waals surface area contributed by atoms with Crippen molar-refractivity contribution in [3.05, 3.63) is 23.8 Å². The van der Waals surface area contributed by atoms with E-state index in [-0.39, 0.29) is 31.5 Å². The third-order valence-electron chi connectivity index (χ3n) is 5.91. The van der Waals surface area contributed by atoms with Crippen LogP contribution in [0.1, 0.15) is 56.2 Å². The molecule has 1 aliphatic heterocycles. The van der Waals surface area contributed by atoms with Gasteiger partial charge < -0.3 is 29.5 Å². The SMILES string of the molecule is CC(=O)N1CCN(C(=O)c2nccnc2C)CCCCOC[C@@H](O)[C@@H](O)[C@H](OCCC(C)C)C1. The summed E-state index contributed by atoms with van der Waals surface area (Å²) in [5.74, 6) is -0.0233. The summed E-state index contributed by atoms with van der Waals surface area (Å²) in [7, 11) is 0. The smallest absolute Gasteiger partial charge is 0.274 e. The molecule has 2 amide bonds. The average molecular weight is 481 g/mol. The van der Waals surface area contributed by atoms with Crippen molar-refractivity contribution in [3.63, 3.8) is 0 Å². The van der Waals surface area contributed by atoms with Gasteiger partial charge in [0.15, 0.2) is 0 Å². The number of carbonyl (C=O) groups excluding carboxylic acids is 2. The van der Waals surface area contributed by atoms with Crippen molar-refractivity contribution in [2.45, 2.75) is 65.3 Å². The molecule has 0 bridgehead atoms. The maximum absolute atomic E-state index is 13.2. The van der Waals surface area contributed by atoms with E-state index in [9.17, 15) is 19.8 Å². The quantitative estimate of drug-likeness (QED) is 0.640. The molecule has 0 radical (unpaired) electrons. The Bertz CT molecular complexity index is 778. The molecule has 0 saturated carbocycles. The summed E-state index contributed by atoms with van der Waals surface area (Å²) >= 11 is 0. The van der Waals surface area contributed by atoms with Crippen molar-refractivity contribution in [2.24, 2.45) is 5.92 Å². The number of hydrogen-bond acceptors (Lipinski definition) is 8. The molecule has 0 unspecified atom stereocenters. The zero-order valence-electron chi connectivity index (χ0n) is 20.9. The van der Waals surface area contributed by atoms with Gasteiger partial charge in [0, 0.05) is 58.7 Å². The molecule has 0 aliphatic carbocycles. The van der Waals surface area contributed by atoms with Gasteiger partial charge in [0.05, 0.1) is 12.3 Å². The second-order valence-corrected chi connectivity index (χ2v) is 9.18. The van der Waals surface area contributed by atoms with E-state index >= 15 is 0 Å². The third-order valence-corrected chi connectivity index (χ3v) is 5.91. The first kappa shape index (κ1) is 28.1. The summed E-state index contributed by atoms with van der Waals surface area (Å²) < 4.78 is 11.5. The second-order valence-electron chi connectivity index (χ2n) is 9.18. The molecule has 2 rings (SSSR count). The predicted octanol–water partition coefficient (Wildman–Crippen LogP) is 1.04. The Labute approximate surface area is 202 Å². The standard InChI is InChI=1S/C24H40N4O6/c1-17(2)7-14-34-21-15-28(19(4)29)12-11-27(24(32)22-18(3)25-8-9-26-22)10-5-6-13-33-16-20(30)23(21)31/h8-9,17,20-21,23,30-31H,5-7,10-16H2,1-4H3/t20-,21-,23-/m1/s1. The number of amides is 2. The monoisotopic (exact) mass is 480 g/mol. The van der Waals surface area contributed by atoms with Crippen LogP contribution in [0.3, 0.4) is 0 Å². The number of ether oxygens (including phenoxy) is 2. The number of aromatic nitrogens is 2. The maximum Gasteiger partial charge on any atom is 0.274 e. The van der Waals surface area contributed by atoms with Gasteiger partial charge in [0.2, 0.25) is 5.91 Å². The van der Waals surface area contributed by atoms with E-state index in [4.69, 9.17) is 9.47 Å². The van der Waals surface area contributed by atoms with Crippen molar-refractivity contribution in [1.82, 2.24) is 19.8 Å². The van der Waals surface area contributed by atoms with Crippen LogP contribution in [0, 0.1) is 12.8 Å². The third kappa shape index (κ3) is 8.90. The molecule has 10 nitrogen and oxygen atoms in total. The number of aliphatic hydroxyl groups excluding tert-OH is 2. The van der Waals surface area contributed by atoms with E-state index in [0.717, 1.165) is 6.42 Å². The lowest BCUT2D eigenvalue weighted by Gasteiger charge is -2.33. The molecule has 1 aromatic rings. The van der Waals surface area contributed by atoms with Gasteiger partial charge in [0.1, 0.15) is 24.0 Å². The number of nitrogens with zero attached hydrogens (tertiary/aromatic N) is 4. The van der Waals surface area contributed by atoms with Crippen LogP contribution < -0.4 is 0 Å². The second kappa shape index (κ2) is 14.3. The van der Waals surface area contributed by atoms with Crippen molar-refractivity contribution in [1.29, 1.82) is 0 Å². The molecule has 34 heavy (non-hydrogen) atoms. The van der Waals surface area contributed by atoms with E-state index in [1.165, 1.54) is 13.1 Å². The van der Waals surface area contributed by atoms with Gasteiger partial charge in [-0.1, -0.05) is 13.8 Å². The maximum atomic E-state index is 13.2. The Balaban J connectivity index is 2.20. The molecule has 3 atom stereocenters. The van der Waals surface area contributed by atoms with Crippen LogP contribution in [0.5, 0.6) is 0 Å². The minimum absolute atomic E-state index is 0.0350. The van der Waals surface area contributed by atoms with Crippen molar-refractivity contribution >= 4 is 11.8 Å². The largest absolute Gasteiger partial charge is 0.388 e. The fourth-order valence-corrected chi connectivity index (χ4v) is 3.69. The summed E-state index contributed by atoms with van der Waals surface area (Å²) in [4.78, 5) is 37.2. The molecule has 1 fully saturated rings. The predicted molar refractivity (Wildman–Crippen MR) is 126 cm³/mol. The first-order chi connectivity index (χ1) is 16.2. The van der Waals surface area contributed by atoms with Crippen molar-refractivity contribution < 1.29 is 29.3 Å². The van der Waals surface area contributed by atoms with E-state index in [0.29, 0.717) is 56.5 Å². The highest BCUT2D eigenvalue weighted by Gasteiger charge is 2.31. The fraction of sp³-hybridized carbons (Fsp3) is 0.750. The molecule has 10 heteroatoms. The van der Waals surface area contributed by atoms with Crippen LogP contribution in [-0.4, -0.2) is 106 Å². The zero-order valence-corrected chi connectivity index (χ0v) is 20.9. The van der Waals surface area contributed by atoms with Crippen LogP contribution >= 0.6 is 0 Å². The minimum Gasteiger partial charge on any atom is -0.388 e. The Hall–Kier alpha value is -2.14. The number of aliphatic hydroxyl groups is 2. The molecule has 192 valence electrons. The summed E-state index contributed by atoms with van der Waals surface area (Å²) in [6, 6.07) is 0. The molecule has 0 aromatic carbocycles. The van der Waals surface area contributed by atoms with Crippen molar-refractivity contribution in [3.8, 4) is 0 Å². The molecule has 2 heterocycles. The van der Waals surface area contributed by atoms with Crippen LogP contribution in [0.25, 0.3) is 0 Å². The lowest BCUT2D eigenvalue weighted by atomic mass is 10.1. The highest BCUT2D eigenvalue weighted by atomic mass is 16.5. The number of aryl methyl sites for hydroxylation is 1. The van der Waals surface area contributed by atoms with Crippen molar-refractivity contribution in [2.75, 3.05) is 46.0 Å². The molecule has 1 aromatic heterocycles. The molecule has 0 spiro atoms. The normalized spacial score (nSPS) is 23.6. The average Bonchev–Trinajstić information content (AvgIpc) is 2.79. The number of carbonyl (C=O) groups is 2. The lowest BCUT2D eigenvalue weighted by molar-refractivity contribution is -0.140. The van der Waals surface area contributed by atoms with Crippen LogP contribution in [0.15, 0.2) is 12.4 Å². The van der Waals surface area contributed by atoms with E-state index in [1.54, 1.807) is 22.9 Å². The van der Waals surface area contributed by atoms with Gasteiger partial charge in [-0.05, 0) is 32.1 Å². The minimum atomic E-state index is -1.21. The molecule has 1 saturated heterocycles. The number of rotatable bonds is 5. The van der Waals surface area contributed by atoms with E-state index in [2.05, 4.69) is 23.8 Å². The lowest BCUT2D eigenvalue weighted by Crippen LogP contribution is -2.50. The Morgan fingerprint density at radius 2 is 1.85 bits per heavy atom. The van der Waals surface area contributed by atoms with Crippen LogP contribution in [-0.2, 0) is 14.3 Å². The van der Waals surface area contributed by atoms with E-state index < -0.39 is 18.3 Å². The fourth-order valence-electron chi connectivity index (χ4n) is 3.69. The molecular weight excluding hydrogens is 440 g/mol.